The van der Waals surface area contributed by atoms with Crippen LogP contribution in [0.4, 0.5) is 9.52 Å². The van der Waals surface area contributed by atoms with Crippen molar-refractivity contribution in [2.45, 2.75) is 24.9 Å². The Bertz CT molecular complexity index is 1690. The summed E-state index contributed by atoms with van der Waals surface area (Å²) in [6.07, 6.45) is 0. The molecule has 1 heterocycles. The summed E-state index contributed by atoms with van der Waals surface area (Å²) in [6.45, 7) is 2.57. The van der Waals surface area contributed by atoms with Crippen LogP contribution in [0.2, 0.25) is 0 Å². The van der Waals surface area contributed by atoms with Crippen LogP contribution in [-0.2, 0) is 23.1 Å². The Hall–Kier alpha value is -3.92. The van der Waals surface area contributed by atoms with Crippen molar-refractivity contribution in [2.24, 2.45) is 0 Å². The predicted molar refractivity (Wildman–Crippen MR) is 153 cm³/mol. The second kappa shape index (κ2) is 11.4. The van der Waals surface area contributed by atoms with Crippen molar-refractivity contribution in [3.05, 3.63) is 126 Å². The molecule has 0 spiro atoms. The van der Waals surface area contributed by atoms with E-state index in [1.54, 1.807) is 19.1 Å². The SMILES string of the molecule is CCN(Cc1ccccc1)S(=O)(=O)c1ccc(C(=O)N(Cc2ccccc2)c2nc3c(F)cccc3s2)cc1. The maximum absolute atomic E-state index is 14.4. The predicted octanol–water partition coefficient (Wildman–Crippen LogP) is 6.49. The molecule has 5 rings (SSSR count). The standard InChI is InChI=1S/C30H26FN3O3S2/c1-2-33(20-22-10-5-3-6-11-22)39(36,37)25-18-16-24(17-19-25)29(35)34(21-23-12-7-4-8-13-23)30-32-28-26(31)14-9-15-27(28)38-30/h3-19H,2,20-21H2,1H3. The number of amides is 1. The Kier molecular flexibility index (Phi) is 7.83. The number of fused-ring (bicyclic) bond motifs is 1. The molecule has 0 unspecified atom stereocenters. The van der Waals surface area contributed by atoms with Gasteiger partial charge in [-0.3, -0.25) is 9.69 Å². The number of rotatable bonds is 9. The number of para-hydroxylation sites is 1. The van der Waals surface area contributed by atoms with Crippen LogP contribution in [0.5, 0.6) is 0 Å². The van der Waals surface area contributed by atoms with Crippen LogP contribution < -0.4 is 4.90 Å². The minimum atomic E-state index is -3.78. The number of sulfonamides is 1. The van der Waals surface area contributed by atoms with Crippen molar-refractivity contribution in [1.82, 2.24) is 9.29 Å². The Morgan fingerprint density at radius 2 is 1.44 bits per heavy atom. The molecule has 0 aliphatic heterocycles. The van der Waals surface area contributed by atoms with E-state index < -0.39 is 15.8 Å². The van der Waals surface area contributed by atoms with Gasteiger partial charge in [-0.25, -0.2) is 17.8 Å². The topological polar surface area (TPSA) is 70.6 Å². The van der Waals surface area contributed by atoms with Crippen molar-refractivity contribution in [1.29, 1.82) is 0 Å². The number of anilines is 1. The molecule has 4 aromatic carbocycles. The number of carbonyl (C=O) groups excluding carboxylic acids is 1. The number of hydrogen-bond acceptors (Lipinski definition) is 5. The molecule has 39 heavy (non-hydrogen) atoms. The van der Waals surface area contributed by atoms with Gasteiger partial charge in [0.15, 0.2) is 5.13 Å². The second-order valence-electron chi connectivity index (χ2n) is 8.90. The lowest BCUT2D eigenvalue weighted by Gasteiger charge is -2.22. The third-order valence-corrected chi connectivity index (χ3v) is 9.29. The first-order valence-corrected chi connectivity index (χ1v) is 14.7. The summed E-state index contributed by atoms with van der Waals surface area (Å²) in [5.41, 5.74) is 2.28. The van der Waals surface area contributed by atoms with Gasteiger partial charge in [0.05, 0.1) is 16.1 Å². The van der Waals surface area contributed by atoms with Crippen LogP contribution in [0.15, 0.2) is 108 Å². The first kappa shape index (κ1) is 26.7. The summed E-state index contributed by atoms with van der Waals surface area (Å²) in [4.78, 5) is 19.8. The first-order valence-electron chi connectivity index (χ1n) is 12.4. The summed E-state index contributed by atoms with van der Waals surface area (Å²) < 4.78 is 43.1. The molecule has 0 fully saturated rings. The molecular formula is C30H26FN3O3S2. The van der Waals surface area contributed by atoms with Gasteiger partial charge < -0.3 is 0 Å². The number of carbonyl (C=O) groups is 1. The molecule has 0 bridgehead atoms. The van der Waals surface area contributed by atoms with Crippen molar-refractivity contribution in [3.8, 4) is 0 Å². The first-order chi connectivity index (χ1) is 18.9. The molecule has 0 atom stereocenters. The third kappa shape index (κ3) is 5.75. The van der Waals surface area contributed by atoms with Crippen LogP contribution in [0.25, 0.3) is 10.2 Å². The zero-order valence-corrected chi connectivity index (χ0v) is 22.8. The van der Waals surface area contributed by atoms with Crippen LogP contribution in [0.3, 0.4) is 0 Å². The fourth-order valence-electron chi connectivity index (χ4n) is 4.24. The average molecular weight is 560 g/mol. The molecule has 0 N–H and O–H groups in total. The lowest BCUT2D eigenvalue weighted by molar-refractivity contribution is 0.0985. The number of benzene rings is 4. The Labute approximate surface area is 231 Å². The number of halogens is 1. The highest BCUT2D eigenvalue weighted by molar-refractivity contribution is 7.89. The summed E-state index contributed by atoms with van der Waals surface area (Å²) in [7, 11) is -3.78. The van der Waals surface area contributed by atoms with Gasteiger partial charge in [-0.15, -0.1) is 0 Å². The molecule has 6 nitrogen and oxygen atoms in total. The van der Waals surface area contributed by atoms with Gasteiger partial charge in [0, 0.05) is 18.7 Å². The molecule has 198 valence electrons. The number of thiazole rings is 1. The van der Waals surface area contributed by atoms with E-state index in [0.717, 1.165) is 11.1 Å². The molecule has 1 amide bonds. The van der Waals surface area contributed by atoms with Crippen molar-refractivity contribution in [3.63, 3.8) is 0 Å². The van der Waals surface area contributed by atoms with E-state index in [1.165, 1.54) is 50.9 Å². The van der Waals surface area contributed by atoms with E-state index in [4.69, 9.17) is 0 Å². The van der Waals surface area contributed by atoms with Gasteiger partial charge in [0.25, 0.3) is 5.91 Å². The second-order valence-corrected chi connectivity index (χ2v) is 11.8. The van der Waals surface area contributed by atoms with Crippen LogP contribution >= 0.6 is 11.3 Å². The molecule has 9 heteroatoms. The van der Waals surface area contributed by atoms with Crippen molar-refractivity contribution < 1.29 is 17.6 Å². The molecule has 5 aromatic rings. The molecule has 1 aromatic heterocycles. The average Bonchev–Trinajstić information content (AvgIpc) is 3.41. The van der Waals surface area contributed by atoms with E-state index in [2.05, 4.69) is 4.98 Å². The summed E-state index contributed by atoms with van der Waals surface area (Å²) in [5.74, 6) is -0.813. The minimum Gasteiger partial charge on any atom is -0.279 e. The Balaban J connectivity index is 1.45. The maximum atomic E-state index is 14.4. The maximum Gasteiger partial charge on any atom is 0.260 e. The monoisotopic (exact) mass is 559 g/mol. The number of hydrogen-bond donors (Lipinski definition) is 0. The fourth-order valence-corrected chi connectivity index (χ4v) is 6.65. The highest BCUT2D eigenvalue weighted by Crippen LogP contribution is 2.32. The normalized spacial score (nSPS) is 11.7. The largest absolute Gasteiger partial charge is 0.279 e. The number of nitrogens with zero attached hydrogens (tertiary/aromatic N) is 3. The summed E-state index contributed by atoms with van der Waals surface area (Å²) in [6, 6.07) is 29.5. The van der Waals surface area contributed by atoms with Gasteiger partial charge in [-0.1, -0.05) is 85.0 Å². The zero-order chi connectivity index (χ0) is 27.4. The quantitative estimate of drug-likeness (QED) is 0.207. The molecule has 0 saturated carbocycles. The van der Waals surface area contributed by atoms with Crippen molar-refractivity contribution in [2.75, 3.05) is 11.4 Å². The van der Waals surface area contributed by atoms with E-state index >= 15 is 0 Å². The van der Waals surface area contributed by atoms with E-state index in [9.17, 15) is 17.6 Å². The van der Waals surface area contributed by atoms with E-state index in [0.29, 0.717) is 21.9 Å². The highest BCUT2D eigenvalue weighted by atomic mass is 32.2. The summed E-state index contributed by atoms with van der Waals surface area (Å²) >= 11 is 1.23. The molecule has 0 aliphatic rings. The lowest BCUT2D eigenvalue weighted by Crippen LogP contribution is -2.31. The molecular weight excluding hydrogens is 533 g/mol. The van der Waals surface area contributed by atoms with Gasteiger partial charge >= 0.3 is 0 Å². The molecule has 0 radical (unpaired) electrons. The molecule has 0 saturated heterocycles. The van der Waals surface area contributed by atoms with Crippen molar-refractivity contribution >= 4 is 42.6 Å². The zero-order valence-electron chi connectivity index (χ0n) is 21.2. The van der Waals surface area contributed by atoms with Crippen LogP contribution in [0, 0.1) is 5.82 Å². The van der Waals surface area contributed by atoms with Gasteiger partial charge in [-0.05, 0) is 47.5 Å². The third-order valence-electron chi connectivity index (χ3n) is 6.31. The van der Waals surface area contributed by atoms with Gasteiger partial charge in [0.2, 0.25) is 10.0 Å². The van der Waals surface area contributed by atoms with E-state index in [-0.39, 0.29) is 29.4 Å². The molecule has 0 aliphatic carbocycles. The fraction of sp³-hybridized carbons (Fsp3) is 0.133. The van der Waals surface area contributed by atoms with E-state index in [1.807, 2.05) is 60.7 Å². The van der Waals surface area contributed by atoms with Gasteiger partial charge in [0.1, 0.15) is 11.3 Å². The van der Waals surface area contributed by atoms with Gasteiger partial charge in [-0.2, -0.15) is 4.31 Å². The van der Waals surface area contributed by atoms with Crippen LogP contribution in [0.1, 0.15) is 28.4 Å². The summed E-state index contributed by atoms with van der Waals surface area (Å²) in [5, 5.41) is 0.362. The Morgan fingerprint density at radius 1 is 0.821 bits per heavy atom. The lowest BCUT2D eigenvalue weighted by atomic mass is 10.1. The van der Waals surface area contributed by atoms with Crippen LogP contribution in [-0.4, -0.2) is 30.2 Å². The minimum absolute atomic E-state index is 0.105. The highest BCUT2D eigenvalue weighted by Gasteiger charge is 2.26. The smallest absolute Gasteiger partial charge is 0.260 e. The number of aromatic nitrogens is 1. The Morgan fingerprint density at radius 3 is 2.03 bits per heavy atom.